The maximum absolute atomic E-state index is 12.4. The Labute approximate surface area is 111 Å². The van der Waals surface area contributed by atoms with Crippen LogP contribution in [0, 0.1) is 11.8 Å². The lowest BCUT2D eigenvalue weighted by Crippen LogP contribution is -2.50. The lowest BCUT2D eigenvalue weighted by Gasteiger charge is -2.32. The lowest BCUT2D eigenvalue weighted by molar-refractivity contribution is -0.136. The fourth-order valence-corrected chi connectivity index (χ4v) is 2.36. The summed E-state index contributed by atoms with van der Waals surface area (Å²) in [6.45, 7) is 7.55. The van der Waals surface area contributed by atoms with Gasteiger partial charge in [-0.1, -0.05) is 13.8 Å². The van der Waals surface area contributed by atoms with Crippen LogP contribution in [0.1, 0.15) is 40.0 Å². The van der Waals surface area contributed by atoms with E-state index in [1.807, 2.05) is 4.90 Å². The highest BCUT2D eigenvalue weighted by molar-refractivity contribution is 5.82. The molecule has 106 valence electrons. The third kappa shape index (κ3) is 4.58. The summed E-state index contributed by atoms with van der Waals surface area (Å²) >= 11 is 0. The number of rotatable bonds is 8. The van der Waals surface area contributed by atoms with Gasteiger partial charge >= 0.3 is 0 Å². The van der Waals surface area contributed by atoms with Gasteiger partial charge in [-0.05, 0) is 38.0 Å². The Hall–Kier alpha value is -0.610. The summed E-state index contributed by atoms with van der Waals surface area (Å²) in [6, 6.07) is -0.0751. The number of hydrogen-bond acceptors (Lipinski definition) is 3. The number of carbonyl (C=O) groups is 1. The maximum Gasteiger partial charge on any atom is 0.239 e. The summed E-state index contributed by atoms with van der Waals surface area (Å²) in [4.78, 5) is 14.3. The Balaban J connectivity index is 2.59. The molecule has 0 spiro atoms. The maximum atomic E-state index is 12.4. The van der Waals surface area contributed by atoms with Crippen LogP contribution >= 0.6 is 0 Å². The van der Waals surface area contributed by atoms with E-state index < -0.39 is 0 Å². The van der Waals surface area contributed by atoms with Gasteiger partial charge in [-0.15, -0.1) is 0 Å². The van der Waals surface area contributed by atoms with Gasteiger partial charge in [0, 0.05) is 19.7 Å². The molecule has 1 unspecified atom stereocenters. The van der Waals surface area contributed by atoms with E-state index in [0.29, 0.717) is 31.0 Å². The van der Waals surface area contributed by atoms with Crippen molar-refractivity contribution in [1.29, 1.82) is 0 Å². The Kier molecular flexibility index (Phi) is 6.09. The number of methoxy groups -OCH3 is 1. The molecule has 2 N–H and O–H groups in total. The van der Waals surface area contributed by atoms with E-state index in [2.05, 4.69) is 20.8 Å². The van der Waals surface area contributed by atoms with Crippen molar-refractivity contribution in [3.05, 3.63) is 0 Å². The average Bonchev–Trinajstić information content (AvgIpc) is 3.11. The van der Waals surface area contributed by atoms with E-state index in [-0.39, 0.29) is 11.9 Å². The van der Waals surface area contributed by atoms with Gasteiger partial charge < -0.3 is 15.4 Å². The van der Waals surface area contributed by atoms with Crippen LogP contribution in [-0.2, 0) is 9.53 Å². The molecule has 1 amide bonds. The zero-order valence-corrected chi connectivity index (χ0v) is 12.2. The molecular weight excluding hydrogens is 228 g/mol. The molecule has 1 aliphatic rings. The zero-order chi connectivity index (χ0) is 13.7. The number of amides is 1. The smallest absolute Gasteiger partial charge is 0.239 e. The molecule has 0 aromatic heterocycles. The molecule has 1 aliphatic carbocycles. The van der Waals surface area contributed by atoms with Crippen molar-refractivity contribution >= 4 is 5.91 Å². The first-order chi connectivity index (χ1) is 8.47. The normalized spacial score (nSPS) is 18.8. The average molecular weight is 256 g/mol. The van der Waals surface area contributed by atoms with E-state index in [9.17, 15) is 4.79 Å². The molecule has 4 heteroatoms. The van der Waals surface area contributed by atoms with Gasteiger partial charge in [0.25, 0.3) is 0 Å². The predicted molar refractivity (Wildman–Crippen MR) is 73.2 cm³/mol. The quantitative estimate of drug-likeness (QED) is 0.718. The standard InChI is InChI=1S/C14H28N2O2/c1-10(2)9-13(15)14(17)16(7-8-18-4)11(3)12-5-6-12/h10-13H,5-9,15H2,1-4H3/t11?,13-/m1/s1. The van der Waals surface area contributed by atoms with Crippen LogP contribution < -0.4 is 5.73 Å². The molecule has 0 heterocycles. The predicted octanol–water partition coefficient (Wildman–Crippen LogP) is 1.63. The van der Waals surface area contributed by atoms with E-state index >= 15 is 0 Å². The third-order valence-electron chi connectivity index (χ3n) is 3.66. The van der Waals surface area contributed by atoms with Gasteiger partial charge in [0.2, 0.25) is 5.91 Å². The van der Waals surface area contributed by atoms with Crippen LogP contribution in [0.3, 0.4) is 0 Å². The molecule has 0 aromatic rings. The van der Waals surface area contributed by atoms with Crippen molar-refractivity contribution in [3.8, 4) is 0 Å². The number of nitrogens with zero attached hydrogens (tertiary/aromatic N) is 1. The van der Waals surface area contributed by atoms with Crippen molar-refractivity contribution in [2.24, 2.45) is 17.6 Å². The van der Waals surface area contributed by atoms with Crippen LogP contribution in [0.15, 0.2) is 0 Å². The highest BCUT2D eigenvalue weighted by atomic mass is 16.5. The van der Waals surface area contributed by atoms with E-state index in [1.54, 1.807) is 7.11 Å². The summed E-state index contributed by atoms with van der Waals surface area (Å²) in [7, 11) is 1.67. The molecule has 0 aromatic carbocycles. The van der Waals surface area contributed by atoms with Gasteiger partial charge in [-0.2, -0.15) is 0 Å². The first-order valence-electron chi connectivity index (χ1n) is 7.02. The van der Waals surface area contributed by atoms with Gasteiger partial charge in [-0.3, -0.25) is 4.79 Å². The zero-order valence-electron chi connectivity index (χ0n) is 12.2. The summed E-state index contributed by atoms with van der Waals surface area (Å²) in [5.74, 6) is 1.20. The summed E-state index contributed by atoms with van der Waals surface area (Å²) < 4.78 is 5.10. The fraction of sp³-hybridized carbons (Fsp3) is 0.929. The SMILES string of the molecule is COCCN(C(=O)[C@H](N)CC(C)C)C(C)C1CC1. The largest absolute Gasteiger partial charge is 0.383 e. The van der Waals surface area contributed by atoms with Crippen LogP contribution in [0.2, 0.25) is 0 Å². The molecule has 0 radical (unpaired) electrons. The summed E-state index contributed by atoms with van der Waals surface area (Å²) in [5, 5.41) is 0. The number of hydrogen-bond donors (Lipinski definition) is 1. The molecule has 18 heavy (non-hydrogen) atoms. The Morgan fingerprint density at radius 2 is 2.00 bits per heavy atom. The summed E-state index contributed by atoms with van der Waals surface area (Å²) in [6.07, 6.45) is 3.22. The Morgan fingerprint density at radius 3 is 2.44 bits per heavy atom. The van der Waals surface area contributed by atoms with Crippen molar-refractivity contribution < 1.29 is 9.53 Å². The van der Waals surface area contributed by atoms with Gasteiger partial charge in [0.05, 0.1) is 12.6 Å². The second kappa shape index (κ2) is 7.10. The topological polar surface area (TPSA) is 55.6 Å². The lowest BCUT2D eigenvalue weighted by atomic mass is 10.0. The molecule has 0 bridgehead atoms. The molecule has 1 rings (SSSR count). The van der Waals surface area contributed by atoms with E-state index in [4.69, 9.17) is 10.5 Å². The van der Waals surface area contributed by atoms with Gasteiger partial charge in [0.1, 0.15) is 0 Å². The van der Waals surface area contributed by atoms with Crippen LogP contribution in [-0.4, -0.2) is 43.2 Å². The minimum absolute atomic E-state index is 0.0835. The Bertz CT molecular complexity index is 265. The second-order valence-electron chi connectivity index (χ2n) is 5.84. The van der Waals surface area contributed by atoms with E-state index in [0.717, 1.165) is 6.42 Å². The van der Waals surface area contributed by atoms with Crippen molar-refractivity contribution in [1.82, 2.24) is 4.90 Å². The minimum atomic E-state index is -0.372. The van der Waals surface area contributed by atoms with Crippen molar-refractivity contribution in [2.75, 3.05) is 20.3 Å². The molecule has 0 saturated heterocycles. The first kappa shape index (κ1) is 15.4. The number of ether oxygens (including phenoxy) is 1. The highest BCUT2D eigenvalue weighted by Gasteiger charge is 2.35. The van der Waals surface area contributed by atoms with Crippen molar-refractivity contribution in [2.45, 2.75) is 52.1 Å². The van der Waals surface area contributed by atoms with Gasteiger partial charge in [-0.25, -0.2) is 0 Å². The molecular formula is C14H28N2O2. The van der Waals surface area contributed by atoms with Crippen molar-refractivity contribution in [3.63, 3.8) is 0 Å². The molecule has 1 saturated carbocycles. The minimum Gasteiger partial charge on any atom is -0.383 e. The number of carbonyl (C=O) groups excluding carboxylic acids is 1. The Morgan fingerprint density at radius 1 is 1.39 bits per heavy atom. The van der Waals surface area contributed by atoms with Gasteiger partial charge in [0.15, 0.2) is 0 Å². The molecule has 0 aliphatic heterocycles. The van der Waals surface area contributed by atoms with Crippen LogP contribution in [0.4, 0.5) is 0 Å². The fourth-order valence-electron chi connectivity index (χ4n) is 2.36. The summed E-state index contributed by atoms with van der Waals surface area (Å²) in [5.41, 5.74) is 6.02. The molecule has 4 nitrogen and oxygen atoms in total. The number of nitrogens with two attached hydrogens (primary N) is 1. The second-order valence-corrected chi connectivity index (χ2v) is 5.84. The van der Waals surface area contributed by atoms with Crippen LogP contribution in [0.25, 0.3) is 0 Å². The molecule has 1 fully saturated rings. The molecule has 2 atom stereocenters. The van der Waals surface area contributed by atoms with E-state index in [1.165, 1.54) is 12.8 Å². The van der Waals surface area contributed by atoms with Crippen LogP contribution in [0.5, 0.6) is 0 Å². The highest BCUT2D eigenvalue weighted by Crippen LogP contribution is 2.35. The first-order valence-corrected chi connectivity index (χ1v) is 7.02. The monoisotopic (exact) mass is 256 g/mol. The third-order valence-corrected chi connectivity index (χ3v) is 3.66.